The summed E-state index contributed by atoms with van der Waals surface area (Å²) in [6.07, 6.45) is 0. The molecule has 0 radical (unpaired) electrons. The molecular weight excluding hydrogens is 398 g/mol. The number of rotatable bonds is 2. The first kappa shape index (κ1) is 18.8. The number of anilines is 1. The van der Waals surface area contributed by atoms with Crippen LogP contribution in [0.25, 0.3) is 11.0 Å². The molecule has 0 unspecified atom stereocenters. The van der Waals surface area contributed by atoms with Crippen LogP contribution < -0.4 is 15.4 Å². The van der Waals surface area contributed by atoms with Crippen molar-refractivity contribution in [2.45, 2.75) is 22.0 Å². The Morgan fingerprint density at radius 3 is 2.32 bits per heavy atom. The van der Waals surface area contributed by atoms with Gasteiger partial charge in [-0.05, 0) is 30.3 Å². The fourth-order valence-corrected chi connectivity index (χ4v) is 6.28. The largest absolute Gasteiger partial charge is 0.316 e. The van der Waals surface area contributed by atoms with E-state index >= 15 is 0 Å². The Balaban J connectivity index is 1.93. The van der Waals surface area contributed by atoms with E-state index in [2.05, 4.69) is 0 Å². The number of para-hydroxylation sites is 1. The third kappa shape index (κ3) is 2.77. The Hall–Kier alpha value is -2.52. The van der Waals surface area contributed by atoms with Crippen molar-refractivity contribution in [1.29, 1.82) is 0 Å². The second-order valence-electron chi connectivity index (χ2n) is 6.81. The maximum absolute atomic E-state index is 13.4. The van der Waals surface area contributed by atoms with Gasteiger partial charge in [0.1, 0.15) is 0 Å². The standard InChI is InChI=1S/C19H19N3O4S2/c1-12-11-22(15-6-4-5-7-17(15)27-12)28(25,26)13-8-9-14-16(10-13)21(3)19(24)18(23)20(14)2/h4-10,12H,11H2,1-3H3/t12-/m0/s1. The number of nitrogens with zero attached hydrogens (tertiary/aromatic N) is 3. The van der Waals surface area contributed by atoms with Gasteiger partial charge in [0.2, 0.25) is 0 Å². The van der Waals surface area contributed by atoms with Gasteiger partial charge in [0, 0.05) is 30.8 Å². The summed E-state index contributed by atoms with van der Waals surface area (Å²) in [7, 11) is -0.866. The van der Waals surface area contributed by atoms with Gasteiger partial charge >= 0.3 is 11.1 Å². The Kier molecular flexibility index (Phi) is 4.39. The van der Waals surface area contributed by atoms with Crippen molar-refractivity contribution in [3.8, 4) is 0 Å². The van der Waals surface area contributed by atoms with Crippen LogP contribution in [-0.4, -0.2) is 29.3 Å². The number of benzene rings is 2. The first-order valence-electron chi connectivity index (χ1n) is 8.70. The summed E-state index contributed by atoms with van der Waals surface area (Å²) in [5, 5.41) is 0.107. The highest BCUT2D eigenvalue weighted by Crippen LogP contribution is 2.40. The molecule has 3 aromatic rings. The number of fused-ring (bicyclic) bond motifs is 2. The van der Waals surface area contributed by atoms with E-state index < -0.39 is 21.1 Å². The first-order valence-corrected chi connectivity index (χ1v) is 11.0. The molecule has 0 bridgehead atoms. The molecule has 1 aromatic heterocycles. The molecule has 0 aliphatic carbocycles. The number of thioether (sulfide) groups is 1. The van der Waals surface area contributed by atoms with Gasteiger partial charge in [-0.1, -0.05) is 19.1 Å². The maximum Gasteiger partial charge on any atom is 0.316 e. The molecule has 28 heavy (non-hydrogen) atoms. The number of sulfonamides is 1. The summed E-state index contributed by atoms with van der Waals surface area (Å²) in [4.78, 5) is 25.1. The van der Waals surface area contributed by atoms with Crippen LogP contribution in [0.1, 0.15) is 6.92 Å². The first-order chi connectivity index (χ1) is 13.2. The van der Waals surface area contributed by atoms with E-state index in [1.807, 2.05) is 25.1 Å². The second kappa shape index (κ2) is 6.52. The van der Waals surface area contributed by atoms with Gasteiger partial charge in [-0.25, -0.2) is 8.42 Å². The monoisotopic (exact) mass is 417 g/mol. The molecule has 9 heteroatoms. The predicted molar refractivity (Wildman–Crippen MR) is 111 cm³/mol. The highest BCUT2D eigenvalue weighted by atomic mass is 32.2. The van der Waals surface area contributed by atoms with Gasteiger partial charge in [-0.2, -0.15) is 0 Å². The second-order valence-corrected chi connectivity index (χ2v) is 10.2. The molecule has 0 N–H and O–H groups in total. The Morgan fingerprint density at radius 1 is 0.964 bits per heavy atom. The number of hydrogen-bond donors (Lipinski definition) is 0. The minimum absolute atomic E-state index is 0.0857. The van der Waals surface area contributed by atoms with Crippen molar-refractivity contribution in [3.63, 3.8) is 0 Å². The molecule has 0 saturated carbocycles. The third-order valence-corrected chi connectivity index (χ3v) is 7.86. The summed E-state index contributed by atoms with van der Waals surface area (Å²) in [5.74, 6) is 0. The quantitative estimate of drug-likeness (QED) is 0.595. The van der Waals surface area contributed by atoms with E-state index in [-0.39, 0.29) is 10.1 Å². The van der Waals surface area contributed by atoms with E-state index in [4.69, 9.17) is 0 Å². The van der Waals surface area contributed by atoms with E-state index in [0.29, 0.717) is 23.3 Å². The van der Waals surface area contributed by atoms with Crippen molar-refractivity contribution < 1.29 is 8.42 Å². The van der Waals surface area contributed by atoms with Crippen molar-refractivity contribution in [2.24, 2.45) is 14.1 Å². The molecule has 146 valence electrons. The van der Waals surface area contributed by atoms with Crippen LogP contribution >= 0.6 is 11.8 Å². The minimum Gasteiger partial charge on any atom is -0.305 e. The zero-order chi connectivity index (χ0) is 20.2. The van der Waals surface area contributed by atoms with Crippen molar-refractivity contribution in [3.05, 3.63) is 63.2 Å². The van der Waals surface area contributed by atoms with Gasteiger partial charge in [0.25, 0.3) is 10.0 Å². The van der Waals surface area contributed by atoms with Crippen molar-refractivity contribution in [1.82, 2.24) is 9.13 Å². The summed E-state index contributed by atoms with van der Waals surface area (Å²) >= 11 is 1.65. The van der Waals surface area contributed by atoms with E-state index in [9.17, 15) is 18.0 Å². The van der Waals surface area contributed by atoms with Gasteiger partial charge in [-0.3, -0.25) is 13.9 Å². The molecule has 0 spiro atoms. The average molecular weight is 418 g/mol. The van der Waals surface area contributed by atoms with Crippen LogP contribution in [0, 0.1) is 0 Å². The Bertz CT molecular complexity index is 1330. The smallest absolute Gasteiger partial charge is 0.305 e. The lowest BCUT2D eigenvalue weighted by atomic mass is 10.3. The lowest BCUT2D eigenvalue weighted by Gasteiger charge is -2.33. The molecule has 1 aliphatic rings. The third-order valence-electron chi connectivity index (χ3n) is 4.93. The molecule has 2 aromatic carbocycles. The van der Waals surface area contributed by atoms with Crippen molar-refractivity contribution >= 4 is 38.5 Å². The lowest BCUT2D eigenvalue weighted by molar-refractivity contribution is 0.589. The molecule has 4 rings (SSSR count). The zero-order valence-corrected chi connectivity index (χ0v) is 17.3. The fourth-order valence-electron chi connectivity index (χ4n) is 3.43. The molecule has 2 heterocycles. The van der Waals surface area contributed by atoms with Crippen molar-refractivity contribution in [2.75, 3.05) is 10.8 Å². The molecule has 0 saturated heterocycles. The SMILES string of the molecule is C[C@H]1CN(S(=O)(=O)c2ccc3c(c2)n(C)c(=O)c(=O)n3C)c2ccccc2S1. The molecule has 1 atom stereocenters. The summed E-state index contributed by atoms with van der Waals surface area (Å²) in [6.45, 7) is 2.34. The molecule has 1 aliphatic heterocycles. The van der Waals surface area contributed by atoms with Gasteiger partial charge in [-0.15, -0.1) is 11.8 Å². The highest BCUT2D eigenvalue weighted by molar-refractivity contribution is 8.00. The number of aryl methyl sites for hydroxylation is 2. The maximum atomic E-state index is 13.4. The summed E-state index contributed by atoms with van der Waals surface area (Å²) in [6, 6.07) is 11.9. The topological polar surface area (TPSA) is 81.4 Å². The Labute approximate surface area is 166 Å². The fraction of sp³-hybridized carbons (Fsp3) is 0.263. The van der Waals surface area contributed by atoms with Gasteiger partial charge < -0.3 is 9.13 Å². The summed E-state index contributed by atoms with van der Waals surface area (Å²) < 4.78 is 30.8. The Morgan fingerprint density at radius 2 is 1.61 bits per heavy atom. The van der Waals surface area contributed by atoms with Crippen LogP contribution in [0.15, 0.2) is 61.8 Å². The minimum atomic E-state index is -3.84. The molecule has 0 amide bonds. The van der Waals surface area contributed by atoms with Gasteiger partial charge in [0.15, 0.2) is 0 Å². The predicted octanol–water partition coefficient (Wildman–Crippen LogP) is 1.93. The van der Waals surface area contributed by atoms with Crippen LogP contribution in [0.5, 0.6) is 0 Å². The number of aromatic nitrogens is 2. The van der Waals surface area contributed by atoms with Gasteiger partial charge in [0.05, 0.1) is 21.6 Å². The average Bonchev–Trinajstić information content (AvgIpc) is 2.69. The zero-order valence-electron chi connectivity index (χ0n) is 15.6. The van der Waals surface area contributed by atoms with E-state index in [0.717, 1.165) is 4.90 Å². The molecule has 7 nitrogen and oxygen atoms in total. The molecule has 0 fully saturated rings. The summed E-state index contributed by atoms with van der Waals surface area (Å²) in [5.41, 5.74) is 0.189. The lowest BCUT2D eigenvalue weighted by Crippen LogP contribution is -2.40. The highest BCUT2D eigenvalue weighted by Gasteiger charge is 2.32. The normalized spacial score (nSPS) is 17.0. The van der Waals surface area contributed by atoms with E-state index in [1.54, 1.807) is 23.9 Å². The van der Waals surface area contributed by atoms with Crippen LogP contribution in [0.3, 0.4) is 0 Å². The van der Waals surface area contributed by atoms with Crippen LogP contribution in [0.2, 0.25) is 0 Å². The van der Waals surface area contributed by atoms with Crippen LogP contribution in [-0.2, 0) is 24.1 Å². The molecular formula is C19H19N3O4S2. The number of hydrogen-bond acceptors (Lipinski definition) is 5. The van der Waals surface area contributed by atoms with E-state index in [1.165, 1.54) is 39.7 Å². The van der Waals surface area contributed by atoms with Crippen LogP contribution in [0.4, 0.5) is 5.69 Å².